The van der Waals surface area contributed by atoms with Crippen LogP contribution in [0.4, 0.5) is 10.5 Å². The molecule has 0 unspecified atom stereocenters. The van der Waals surface area contributed by atoms with Gasteiger partial charge in [-0.3, -0.25) is 5.43 Å². The number of anilines is 1. The molecule has 1 aromatic carbocycles. The lowest BCUT2D eigenvalue weighted by Crippen LogP contribution is -2.34. The maximum absolute atomic E-state index is 10.7. The van der Waals surface area contributed by atoms with Gasteiger partial charge in [0.25, 0.3) is 0 Å². The molecule has 2 amide bonds. The highest BCUT2D eigenvalue weighted by atomic mass is 16.3. The lowest BCUT2D eigenvalue weighted by Gasteiger charge is -2.03. The van der Waals surface area contributed by atoms with Crippen molar-refractivity contribution in [1.29, 1.82) is 0 Å². The van der Waals surface area contributed by atoms with Crippen LogP contribution in [0.25, 0.3) is 0 Å². The summed E-state index contributed by atoms with van der Waals surface area (Å²) in [5.74, 6) is 4.92. The monoisotopic (exact) mass is 167 g/mol. The fourth-order valence-corrected chi connectivity index (χ4v) is 0.751. The van der Waals surface area contributed by atoms with E-state index in [1.165, 1.54) is 12.1 Å². The van der Waals surface area contributed by atoms with Crippen molar-refractivity contribution in [3.63, 3.8) is 0 Å². The molecule has 0 saturated carbocycles. The molecule has 5 N–H and O–H groups in total. The quantitative estimate of drug-likeness (QED) is 0.277. The van der Waals surface area contributed by atoms with Crippen LogP contribution in [0.2, 0.25) is 0 Å². The highest BCUT2D eigenvalue weighted by Crippen LogP contribution is 2.14. The summed E-state index contributed by atoms with van der Waals surface area (Å²) in [6.07, 6.45) is 0. The molecule has 0 aromatic heterocycles. The Bertz CT molecular complexity index is 288. The Morgan fingerprint density at radius 3 is 2.83 bits per heavy atom. The number of aromatic hydroxyl groups is 1. The van der Waals surface area contributed by atoms with Crippen molar-refractivity contribution in [2.24, 2.45) is 5.84 Å². The van der Waals surface area contributed by atoms with Crippen molar-refractivity contribution in [2.45, 2.75) is 0 Å². The van der Waals surface area contributed by atoms with Gasteiger partial charge in [-0.05, 0) is 12.1 Å². The average Bonchev–Trinajstić information content (AvgIpc) is 2.04. The van der Waals surface area contributed by atoms with Crippen molar-refractivity contribution in [3.8, 4) is 5.75 Å². The summed E-state index contributed by atoms with van der Waals surface area (Å²) in [5, 5.41) is 11.4. The van der Waals surface area contributed by atoms with E-state index in [-0.39, 0.29) is 5.75 Å². The maximum atomic E-state index is 10.7. The van der Waals surface area contributed by atoms with E-state index in [0.29, 0.717) is 5.69 Å². The molecule has 5 nitrogen and oxygen atoms in total. The summed E-state index contributed by atoms with van der Waals surface area (Å²) in [5.41, 5.74) is 2.39. The Kier molecular flexibility index (Phi) is 2.49. The first-order valence-corrected chi connectivity index (χ1v) is 3.29. The zero-order chi connectivity index (χ0) is 8.97. The lowest BCUT2D eigenvalue weighted by molar-refractivity contribution is 0.252. The van der Waals surface area contributed by atoms with Crippen molar-refractivity contribution >= 4 is 11.7 Å². The van der Waals surface area contributed by atoms with E-state index in [1.807, 2.05) is 5.43 Å². The summed E-state index contributed by atoms with van der Waals surface area (Å²) >= 11 is 0. The summed E-state index contributed by atoms with van der Waals surface area (Å²) in [4.78, 5) is 10.7. The van der Waals surface area contributed by atoms with Gasteiger partial charge in [-0.1, -0.05) is 6.07 Å². The van der Waals surface area contributed by atoms with Crippen LogP contribution in [-0.4, -0.2) is 11.1 Å². The predicted octanol–water partition coefficient (Wildman–Crippen LogP) is 0.387. The Balaban J connectivity index is 2.69. The van der Waals surface area contributed by atoms with E-state index >= 15 is 0 Å². The van der Waals surface area contributed by atoms with Gasteiger partial charge in [0.2, 0.25) is 0 Å². The topological polar surface area (TPSA) is 87.4 Å². The number of phenolic OH excluding ortho intramolecular Hbond substituents is 1. The van der Waals surface area contributed by atoms with E-state index in [0.717, 1.165) is 0 Å². The van der Waals surface area contributed by atoms with Crippen LogP contribution in [0, 0.1) is 0 Å². The molecule has 5 heteroatoms. The number of rotatable bonds is 1. The molecule has 0 heterocycles. The van der Waals surface area contributed by atoms with E-state index in [1.54, 1.807) is 12.1 Å². The first kappa shape index (κ1) is 8.35. The highest BCUT2D eigenvalue weighted by molar-refractivity contribution is 5.88. The maximum Gasteiger partial charge on any atom is 0.333 e. The number of carbonyl (C=O) groups excluding carboxylic acids is 1. The van der Waals surface area contributed by atoms with Crippen molar-refractivity contribution in [1.82, 2.24) is 5.43 Å². The van der Waals surface area contributed by atoms with Gasteiger partial charge in [-0.25, -0.2) is 10.6 Å². The fourth-order valence-electron chi connectivity index (χ4n) is 0.751. The fraction of sp³-hybridized carbons (Fsp3) is 0. The molecule has 12 heavy (non-hydrogen) atoms. The SMILES string of the molecule is NNC(=O)Nc1cccc(O)c1. The number of urea groups is 1. The molecule has 0 bridgehead atoms. The molecule has 0 atom stereocenters. The number of amides is 2. The molecule has 0 aliphatic heterocycles. The third-order valence-electron chi connectivity index (χ3n) is 1.24. The number of carbonyl (C=O) groups is 1. The van der Waals surface area contributed by atoms with E-state index in [4.69, 9.17) is 10.9 Å². The summed E-state index contributed by atoms with van der Waals surface area (Å²) in [6, 6.07) is 5.64. The lowest BCUT2D eigenvalue weighted by atomic mass is 10.3. The van der Waals surface area contributed by atoms with Gasteiger partial charge >= 0.3 is 6.03 Å². The minimum Gasteiger partial charge on any atom is -0.508 e. The number of phenols is 1. The zero-order valence-electron chi connectivity index (χ0n) is 6.24. The number of nitrogens with two attached hydrogens (primary N) is 1. The van der Waals surface area contributed by atoms with Crippen LogP contribution in [0.5, 0.6) is 5.75 Å². The van der Waals surface area contributed by atoms with Gasteiger partial charge in [0.05, 0.1) is 0 Å². The molecule has 0 spiro atoms. The van der Waals surface area contributed by atoms with Crippen LogP contribution >= 0.6 is 0 Å². The molecule has 0 radical (unpaired) electrons. The minimum atomic E-state index is -0.527. The number of hydrazine groups is 1. The van der Waals surface area contributed by atoms with Crippen LogP contribution < -0.4 is 16.6 Å². The standard InChI is InChI=1S/C7H9N3O2/c8-10-7(12)9-5-2-1-3-6(11)4-5/h1-4,11H,8H2,(H2,9,10,12). The first-order chi connectivity index (χ1) is 5.72. The Labute approximate surface area is 69.2 Å². The highest BCUT2D eigenvalue weighted by Gasteiger charge is 1.97. The predicted molar refractivity (Wildman–Crippen MR) is 44.4 cm³/mol. The minimum absolute atomic E-state index is 0.0878. The van der Waals surface area contributed by atoms with E-state index < -0.39 is 6.03 Å². The summed E-state index contributed by atoms with van der Waals surface area (Å²) in [6.45, 7) is 0. The van der Waals surface area contributed by atoms with Gasteiger partial charge < -0.3 is 10.4 Å². The molecule has 0 aliphatic carbocycles. The molecular formula is C7H9N3O2. The van der Waals surface area contributed by atoms with E-state index in [9.17, 15) is 4.79 Å². The van der Waals surface area contributed by atoms with Gasteiger partial charge in [-0.15, -0.1) is 0 Å². The zero-order valence-corrected chi connectivity index (χ0v) is 6.24. The second-order valence-electron chi connectivity index (χ2n) is 2.15. The average molecular weight is 167 g/mol. The Morgan fingerprint density at radius 1 is 1.50 bits per heavy atom. The third-order valence-corrected chi connectivity index (χ3v) is 1.24. The molecule has 0 fully saturated rings. The largest absolute Gasteiger partial charge is 0.508 e. The normalized spacial score (nSPS) is 9.08. The Hall–Kier alpha value is -1.75. The summed E-state index contributed by atoms with van der Waals surface area (Å²) < 4.78 is 0. The number of hydrogen-bond acceptors (Lipinski definition) is 3. The molecule has 1 aromatic rings. The summed E-state index contributed by atoms with van der Waals surface area (Å²) in [7, 11) is 0. The van der Waals surface area contributed by atoms with E-state index in [2.05, 4.69) is 5.32 Å². The Morgan fingerprint density at radius 2 is 2.25 bits per heavy atom. The van der Waals surface area contributed by atoms with Crippen LogP contribution in [0.15, 0.2) is 24.3 Å². The third kappa shape index (κ3) is 2.14. The number of hydrogen-bond donors (Lipinski definition) is 4. The smallest absolute Gasteiger partial charge is 0.333 e. The molecule has 64 valence electrons. The number of benzene rings is 1. The van der Waals surface area contributed by atoms with Crippen molar-refractivity contribution in [3.05, 3.63) is 24.3 Å². The molecular weight excluding hydrogens is 158 g/mol. The van der Waals surface area contributed by atoms with Gasteiger partial charge in [0, 0.05) is 11.8 Å². The second kappa shape index (κ2) is 3.59. The van der Waals surface area contributed by atoms with Gasteiger partial charge in [0.1, 0.15) is 5.75 Å². The first-order valence-electron chi connectivity index (χ1n) is 3.29. The second-order valence-corrected chi connectivity index (χ2v) is 2.15. The van der Waals surface area contributed by atoms with Gasteiger partial charge in [0.15, 0.2) is 0 Å². The van der Waals surface area contributed by atoms with Gasteiger partial charge in [-0.2, -0.15) is 0 Å². The molecule has 0 aliphatic rings. The molecule has 0 saturated heterocycles. The van der Waals surface area contributed by atoms with Crippen molar-refractivity contribution < 1.29 is 9.90 Å². The number of nitrogens with one attached hydrogen (secondary N) is 2. The van der Waals surface area contributed by atoms with Crippen LogP contribution in [-0.2, 0) is 0 Å². The van der Waals surface area contributed by atoms with Crippen LogP contribution in [0.3, 0.4) is 0 Å². The van der Waals surface area contributed by atoms with Crippen LogP contribution in [0.1, 0.15) is 0 Å². The van der Waals surface area contributed by atoms with Crippen molar-refractivity contribution in [2.75, 3.05) is 5.32 Å². The molecule has 1 rings (SSSR count).